The van der Waals surface area contributed by atoms with Crippen LogP contribution in [-0.4, -0.2) is 14.5 Å². The number of benzene rings is 3. The summed E-state index contributed by atoms with van der Waals surface area (Å²) in [6.07, 6.45) is 0. The molecule has 0 fully saturated rings. The Bertz CT molecular complexity index is 1490. The molecule has 0 spiro atoms. The summed E-state index contributed by atoms with van der Waals surface area (Å²) in [6, 6.07) is 23.1. The molecule has 29 heavy (non-hydrogen) atoms. The molecule has 1 aliphatic heterocycles. The van der Waals surface area contributed by atoms with Crippen molar-refractivity contribution in [3.8, 4) is 11.5 Å². The fraction of sp³-hybridized carbons (Fsp3) is 0.0417. The van der Waals surface area contributed by atoms with Crippen LogP contribution in [0.4, 0.5) is 4.39 Å². The number of aromatic nitrogens is 3. The zero-order valence-corrected chi connectivity index (χ0v) is 15.2. The van der Waals surface area contributed by atoms with Gasteiger partial charge >= 0.3 is 0 Å². The molecule has 1 unspecified atom stereocenters. The van der Waals surface area contributed by atoms with Crippen LogP contribution in [0.5, 0.6) is 0 Å². The Kier molecular flexibility index (Phi) is 3.23. The third-order valence-corrected chi connectivity index (χ3v) is 5.51. The van der Waals surface area contributed by atoms with Gasteiger partial charge in [-0.1, -0.05) is 42.5 Å². The lowest BCUT2D eigenvalue weighted by Gasteiger charge is -2.16. The summed E-state index contributed by atoms with van der Waals surface area (Å²) < 4.78 is 15.3. The first-order valence-corrected chi connectivity index (χ1v) is 9.37. The summed E-state index contributed by atoms with van der Waals surface area (Å²) in [7, 11) is 0. The van der Waals surface area contributed by atoms with Crippen LogP contribution >= 0.6 is 0 Å². The number of nitrogens with zero attached hydrogens (tertiary/aromatic N) is 3. The van der Waals surface area contributed by atoms with E-state index in [9.17, 15) is 9.18 Å². The molecule has 4 nitrogen and oxygen atoms in total. The third-order valence-electron chi connectivity index (χ3n) is 5.51. The summed E-state index contributed by atoms with van der Waals surface area (Å²) in [5.74, 6) is 0.233. The first-order valence-electron chi connectivity index (χ1n) is 9.37. The minimum absolute atomic E-state index is 0.123. The Hall–Kier alpha value is -3.86. The molecule has 0 saturated heterocycles. The van der Waals surface area contributed by atoms with Gasteiger partial charge < -0.3 is 0 Å². The van der Waals surface area contributed by atoms with Gasteiger partial charge in [0, 0.05) is 10.9 Å². The number of pyridine rings is 1. The monoisotopic (exact) mass is 379 g/mol. The quantitative estimate of drug-likeness (QED) is 0.416. The number of fused-ring (bicyclic) bond motifs is 5. The van der Waals surface area contributed by atoms with E-state index in [-0.39, 0.29) is 11.4 Å². The van der Waals surface area contributed by atoms with Crippen LogP contribution < -0.4 is 5.56 Å². The van der Waals surface area contributed by atoms with Crippen LogP contribution in [0, 0.1) is 5.82 Å². The SMILES string of the molecule is O=c1c2ccccc2nc2n1C(c1ccc(F)cc1)c1cc3ccccc3nc1-2. The smallest absolute Gasteiger partial charge is 0.262 e. The predicted molar refractivity (Wildman–Crippen MR) is 110 cm³/mol. The van der Waals surface area contributed by atoms with Crippen molar-refractivity contribution in [2.45, 2.75) is 6.04 Å². The van der Waals surface area contributed by atoms with Crippen LogP contribution in [0.3, 0.4) is 0 Å². The van der Waals surface area contributed by atoms with E-state index in [1.165, 1.54) is 12.1 Å². The van der Waals surface area contributed by atoms with E-state index < -0.39 is 6.04 Å². The van der Waals surface area contributed by atoms with Crippen molar-refractivity contribution in [3.05, 3.63) is 106 Å². The van der Waals surface area contributed by atoms with Gasteiger partial charge in [0.15, 0.2) is 5.82 Å². The van der Waals surface area contributed by atoms with Crippen LogP contribution in [0.25, 0.3) is 33.3 Å². The van der Waals surface area contributed by atoms with Crippen LogP contribution in [0.1, 0.15) is 17.2 Å². The maximum Gasteiger partial charge on any atom is 0.262 e. The highest BCUT2D eigenvalue weighted by atomic mass is 19.1. The predicted octanol–water partition coefficient (Wildman–Crippen LogP) is 4.70. The van der Waals surface area contributed by atoms with E-state index in [1.54, 1.807) is 22.8 Å². The van der Waals surface area contributed by atoms with Crippen molar-refractivity contribution in [1.29, 1.82) is 0 Å². The largest absolute Gasteiger partial charge is 0.279 e. The number of para-hydroxylation sites is 2. The molecule has 5 aromatic rings. The second-order valence-electron chi connectivity index (χ2n) is 7.20. The topological polar surface area (TPSA) is 47.8 Å². The van der Waals surface area contributed by atoms with Crippen molar-refractivity contribution in [1.82, 2.24) is 14.5 Å². The molecule has 3 aromatic carbocycles. The maximum atomic E-state index is 13.6. The van der Waals surface area contributed by atoms with Gasteiger partial charge in [-0.05, 0) is 42.0 Å². The fourth-order valence-electron chi connectivity index (χ4n) is 4.19. The second kappa shape index (κ2) is 5.82. The Morgan fingerprint density at radius 1 is 0.828 bits per heavy atom. The molecule has 1 atom stereocenters. The minimum atomic E-state index is -0.401. The molecule has 5 heteroatoms. The highest BCUT2D eigenvalue weighted by Crippen LogP contribution is 2.41. The molecule has 0 N–H and O–H groups in total. The molecule has 2 aromatic heterocycles. The van der Waals surface area contributed by atoms with Gasteiger partial charge in [0.25, 0.3) is 5.56 Å². The second-order valence-corrected chi connectivity index (χ2v) is 7.20. The highest BCUT2D eigenvalue weighted by Gasteiger charge is 2.34. The first kappa shape index (κ1) is 16.1. The number of halogens is 1. The molecular formula is C24H14FN3O. The van der Waals surface area contributed by atoms with E-state index in [2.05, 4.69) is 6.07 Å². The molecule has 0 saturated carbocycles. The molecule has 0 aliphatic carbocycles. The molecule has 1 aliphatic rings. The zero-order chi connectivity index (χ0) is 19.5. The molecule has 0 amide bonds. The zero-order valence-electron chi connectivity index (χ0n) is 15.2. The summed E-state index contributed by atoms with van der Waals surface area (Å²) in [5.41, 5.74) is 3.78. The van der Waals surface area contributed by atoms with Crippen molar-refractivity contribution >= 4 is 21.8 Å². The minimum Gasteiger partial charge on any atom is -0.279 e. The lowest BCUT2D eigenvalue weighted by molar-refractivity contribution is 0.623. The Morgan fingerprint density at radius 3 is 2.38 bits per heavy atom. The van der Waals surface area contributed by atoms with Gasteiger partial charge in [-0.3, -0.25) is 9.36 Å². The average molecular weight is 379 g/mol. The number of hydrogen-bond acceptors (Lipinski definition) is 3. The van der Waals surface area contributed by atoms with Gasteiger partial charge in [-0.25, -0.2) is 14.4 Å². The standard InChI is InChI=1S/C24H14FN3O/c25-16-11-9-14(10-12-16)22-18-13-15-5-1-3-7-19(15)26-21(18)23-27-20-8-4-2-6-17(20)24(29)28(22)23/h1-13,22H. The lowest BCUT2D eigenvalue weighted by atomic mass is 9.98. The van der Waals surface area contributed by atoms with Gasteiger partial charge in [0.2, 0.25) is 0 Å². The fourth-order valence-corrected chi connectivity index (χ4v) is 4.19. The van der Waals surface area contributed by atoms with E-state index in [0.29, 0.717) is 22.4 Å². The van der Waals surface area contributed by atoms with Gasteiger partial charge in [-0.15, -0.1) is 0 Å². The molecular weight excluding hydrogens is 365 g/mol. The summed E-state index contributed by atoms with van der Waals surface area (Å²) >= 11 is 0. The van der Waals surface area contributed by atoms with Crippen molar-refractivity contribution < 1.29 is 4.39 Å². The maximum absolute atomic E-state index is 13.6. The summed E-state index contributed by atoms with van der Waals surface area (Å²) in [6.45, 7) is 0. The molecule has 0 bridgehead atoms. The molecule has 6 rings (SSSR count). The highest BCUT2D eigenvalue weighted by molar-refractivity contribution is 5.86. The normalized spacial score (nSPS) is 14.9. The van der Waals surface area contributed by atoms with Crippen LogP contribution in [0.15, 0.2) is 83.7 Å². The lowest BCUT2D eigenvalue weighted by Crippen LogP contribution is -2.25. The van der Waals surface area contributed by atoms with Gasteiger partial charge in [0.1, 0.15) is 11.5 Å². The van der Waals surface area contributed by atoms with Crippen molar-refractivity contribution in [3.63, 3.8) is 0 Å². The van der Waals surface area contributed by atoms with Crippen LogP contribution in [0.2, 0.25) is 0 Å². The van der Waals surface area contributed by atoms with Crippen LogP contribution in [-0.2, 0) is 0 Å². The van der Waals surface area contributed by atoms with Gasteiger partial charge in [-0.2, -0.15) is 0 Å². The molecule has 138 valence electrons. The Morgan fingerprint density at radius 2 is 1.55 bits per heavy atom. The third kappa shape index (κ3) is 2.27. The van der Waals surface area contributed by atoms with E-state index >= 15 is 0 Å². The summed E-state index contributed by atoms with van der Waals surface area (Å²) in [4.78, 5) is 23.1. The summed E-state index contributed by atoms with van der Waals surface area (Å²) in [5, 5.41) is 1.55. The van der Waals surface area contributed by atoms with Crippen molar-refractivity contribution in [2.75, 3.05) is 0 Å². The Balaban J connectivity index is 1.76. The van der Waals surface area contributed by atoms with Crippen molar-refractivity contribution in [2.24, 2.45) is 0 Å². The average Bonchev–Trinajstić information content (AvgIpc) is 3.06. The first-order chi connectivity index (χ1) is 14.2. The van der Waals surface area contributed by atoms with E-state index in [1.807, 2.05) is 42.5 Å². The Labute approximate surface area is 164 Å². The number of hydrogen-bond donors (Lipinski definition) is 0. The number of rotatable bonds is 1. The molecule has 0 radical (unpaired) electrons. The van der Waals surface area contributed by atoms with Gasteiger partial charge in [0.05, 0.1) is 22.5 Å². The van der Waals surface area contributed by atoms with E-state index in [0.717, 1.165) is 22.0 Å². The molecule has 3 heterocycles. The van der Waals surface area contributed by atoms with E-state index in [4.69, 9.17) is 9.97 Å².